The Morgan fingerprint density at radius 3 is 2.79 bits per heavy atom. The Labute approximate surface area is 163 Å². The van der Waals surface area contributed by atoms with Crippen molar-refractivity contribution in [1.29, 1.82) is 0 Å². The summed E-state index contributed by atoms with van der Waals surface area (Å²) in [4.78, 5) is 16.6. The first-order valence-electron chi connectivity index (χ1n) is 9.26. The Kier molecular flexibility index (Phi) is 5.69. The molecule has 0 spiro atoms. The van der Waals surface area contributed by atoms with Gasteiger partial charge in [-0.3, -0.25) is 0 Å². The molecule has 0 unspecified atom stereocenters. The van der Waals surface area contributed by atoms with Gasteiger partial charge in [-0.1, -0.05) is 12.1 Å². The van der Waals surface area contributed by atoms with Crippen LogP contribution < -0.4 is 10.0 Å². The van der Waals surface area contributed by atoms with Crippen LogP contribution in [0.2, 0.25) is 0 Å². The van der Waals surface area contributed by atoms with E-state index in [1.807, 2.05) is 43.5 Å². The van der Waals surface area contributed by atoms with Gasteiger partial charge in [0.25, 0.3) is 0 Å². The van der Waals surface area contributed by atoms with Gasteiger partial charge in [-0.2, -0.15) is 4.73 Å². The standard InChI is InChI=1S/C20H26N4O4/c1-20(2,3)28-19(25)21-10-11-23-17(9-12-27-4)22-15-13-24(26)16-8-6-5-7-14(16)18(15)23/h5-8,13H,9-12H2,1-4H3,(H,21,25). The zero-order chi connectivity index (χ0) is 20.3. The Morgan fingerprint density at radius 2 is 2.07 bits per heavy atom. The highest BCUT2D eigenvalue weighted by Gasteiger charge is 2.19. The second kappa shape index (κ2) is 8.02. The number of carbonyl (C=O) groups is 1. The van der Waals surface area contributed by atoms with Crippen molar-refractivity contribution < 1.29 is 19.0 Å². The smallest absolute Gasteiger partial charge is 0.407 e. The number of nitrogens with one attached hydrogen (secondary N) is 1. The van der Waals surface area contributed by atoms with E-state index in [0.29, 0.717) is 37.2 Å². The van der Waals surface area contributed by atoms with Crippen molar-refractivity contribution in [3.63, 3.8) is 0 Å². The zero-order valence-corrected chi connectivity index (χ0v) is 16.7. The Hall–Kier alpha value is -2.87. The predicted molar refractivity (Wildman–Crippen MR) is 106 cm³/mol. The highest BCUT2D eigenvalue weighted by molar-refractivity contribution is 6.00. The van der Waals surface area contributed by atoms with Crippen LogP contribution in [0.1, 0.15) is 26.6 Å². The van der Waals surface area contributed by atoms with Crippen LogP contribution in [-0.2, 0) is 22.4 Å². The van der Waals surface area contributed by atoms with Gasteiger partial charge in [-0.15, -0.1) is 0 Å². The van der Waals surface area contributed by atoms with Crippen molar-refractivity contribution in [3.8, 4) is 0 Å². The van der Waals surface area contributed by atoms with E-state index in [4.69, 9.17) is 9.47 Å². The first-order valence-corrected chi connectivity index (χ1v) is 9.26. The van der Waals surface area contributed by atoms with E-state index in [-0.39, 0.29) is 0 Å². The first-order chi connectivity index (χ1) is 13.3. The van der Waals surface area contributed by atoms with Crippen molar-refractivity contribution >= 4 is 28.0 Å². The van der Waals surface area contributed by atoms with Crippen molar-refractivity contribution in [2.45, 2.75) is 39.3 Å². The fourth-order valence-corrected chi connectivity index (χ4v) is 3.15. The molecule has 1 amide bonds. The summed E-state index contributed by atoms with van der Waals surface area (Å²) in [6.07, 6.45) is 1.63. The summed E-state index contributed by atoms with van der Waals surface area (Å²) in [5.74, 6) is 0.805. The number of imidazole rings is 1. The molecule has 1 N–H and O–H groups in total. The first kappa shape index (κ1) is 19.9. The molecule has 0 atom stereocenters. The van der Waals surface area contributed by atoms with E-state index in [9.17, 15) is 10.0 Å². The van der Waals surface area contributed by atoms with E-state index >= 15 is 0 Å². The summed E-state index contributed by atoms with van der Waals surface area (Å²) in [5, 5.41) is 15.9. The SMILES string of the molecule is COCCc1nc2c[n+]([O-])c3ccccc3c2n1CCNC(=O)OC(C)(C)C. The summed E-state index contributed by atoms with van der Waals surface area (Å²) in [7, 11) is 1.64. The molecule has 150 valence electrons. The topological polar surface area (TPSA) is 92.3 Å². The van der Waals surface area contributed by atoms with Crippen LogP contribution in [0.15, 0.2) is 30.5 Å². The number of hydrogen-bond acceptors (Lipinski definition) is 5. The molecule has 1 aromatic carbocycles. The minimum atomic E-state index is -0.548. The van der Waals surface area contributed by atoms with Gasteiger partial charge in [0.15, 0.2) is 5.52 Å². The maximum absolute atomic E-state index is 12.3. The minimum absolute atomic E-state index is 0.376. The summed E-state index contributed by atoms with van der Waals surface area (Å²) < 4.78 is 13.4. The number of methoxy groups -OCH3 is 1. The third-order valence-corrected chi connectivity index (χ3v) is 4.24. The molecular formula is C20H26N4O4. The average molecular weight is 386 g/mol. The number of alkyl carbamates (subject to hydrolysis) is 1. The number of carbonyl (C=O) groups excluding carboxylic acids is 1. The number of amides is 1. The fraction of sp³-hybridized carbons (Fsp3) is 0.450. The summed E-state index contributed by atoms with van der Waals surface area (Å²) >= 11 is 0. The van der Waals surface area contributed by atoms with Crippen LogP contribution in [0.5, 0.6) is 0 Å². The monoisotopic (exact) mass is 386 g/mol. The maximum atomic E-state index is 12.3. The van der Waals surface area contributed by atoms with Crippen molar-refractivity contribution in [2.75, 3.05) is 20.3 Å². The minimum Gasteiger partial charge on any atom is -0.618 e. The normalized spacial score (nSPS) is 11.9. The van der Waals surface area contributed by atoms with Crippen LogP contribution in [0, 0.1) is 5.21 Å². The number of fused-ring (bicyclic) bond motifs is 3. The van der Waals surface area contributed by atoms with Gasteiger partial charge < -0.3 is 24.6 Å². The van der Waals surface area contributed by atoms with E-state index < -0.39 is 11.7 Å². The summed E-state index contributed by atoms with van der Waals surface area (Å²) in [6, 6.07) is 7.42. The van der Waals surface area contributed by atoms with Crippen molar-refractivity contribution in [1.82, 2.24) is 14.9 Å². The highest BCUT2D eigenvalue weighted by Crippen LogP contribution is 2.24. The van der Waals surface area contributed by atoms with Crippen LogP contribution >= 0.6 is 0 Å². The molecule has 3 rings (SSSR count). The number of aromatic nitrogens is 3. The molecule has 0 aliphatic carbocycles. The van der Waals surface area contributed by atoms with E-state index in [0.717, 1.165) is 21.5 Å². The molecule has 3 aromatic rings. The molecule has 0 saturated carbocycles. The molecule has 0 radical (unpaired) electrons. The number of nitrogens with zero attached hydrogens (tertiary/aromatic N) is 3. The molecule has 0 bridgehead atoms. The molecule has 0 saturated heterocycles. The fourth-order valence-electron chi connectivity index (χ4n) is 3.15. The zero-order valence-electron chi connectivity index (χ0n) is 16.7. The van der Waals surface area contributed by atoms with Crippen LogP contribution in [0.4, 0.5) is 4.79 Å². The molecule has 28 heavy (non-hydrogen) atoms. The Balaban J connectivity index is 1.94. The van der Waals surface area contributed by atoms with Gasteiger partial charge in [0.05, 0.1) is 17.5 Å². The second-order valence-electron chi connectivity index (χ2n) is 7.56. The van der Waals surface area contributed by atoms with Gasteiger partial charge in [0.2, 0.25) is 11.7 Å². The molecule has 8 nitrogen and oxygen atoms in total. The number of benzene rings is 1. The van der Waals surface area contributed by atoms with Gasteiger partial charge in [0.1, 0.15) is 11.4 Å². The highest BCUT2D eigenvalue weighted by atomic mass is 16.6. The quantitative estimate of drug-likeness (QED) is 0.519. The van der Waals surface area contributed by atoms with Gasteiger partial charge in [-0.05, 0) is 26.8 Å². The van der Waals surface area contributed by atoms with Gasteiger partial charge >= 0.3 is 6.09 Å². The number of ether oxygens (including phenoxy) is 2. The average Bonchev–Trinajstić information content (AvgIpc) is 2.96. The van der Waals surface area contributed by atoms with Gasteiger partial charge in [0, 0.05) is 32.7 Å². The number of para-hydroxylation sites is 1. The molecule has 0 aliphatic heterocycles. The molecule has 0 aliphatic rings. The lowest BCUT2D eigenvalue weighted by atomic mass is 10.2. The largest absolute Gasteiger partial charge is 0.618 e. The lowest BCUT2D eigenvalue weighted by molar-refractivity contribution is -0.575. The van der Waals surface area contributed by atoms with E-state index in [1.165, 1.54) is 6.20 Å². The lowest BCUT2D eigenvalue weighted by Crippen LogP contribution is -2.34. The third kappa shape index (κ3) is 4.33. The van der Waals surface area contributed by atoms with Crippen LogP contribution in [-0.4, -0.2) is 41.5 Å². The van der Waals surface area contributed by atoms with Gasteiger partial charge in [-0.25, -0.2) is 9.78 Å². The second-order valence-corrected chi connectivity index (χ2v) is 7.56. The van der Waals surface area contributed by atoms with Crippen LogP contribution in [0.25, 0.3) is 21.9 Å². The molecule has 2 aromatic heterocycles. The van der Waals surface area contributed by atoms with Crippen molar-refractivity contribution in [3.05, 3.63) is 41.5 Å². The van der Waals surface area contributed by atoms with E-state index in [1.54, 1.807) is 13.2 Å². The molecule has 8 heteroatoms. The van der Waals surface area contributed by atoms with Crippen LogP contribution in [0.3, 0.4) is 0 Å². The molecule has 2 heterocycles. The lowest BCUT2D eigenvalue weighted by Gasteiger charge is -2.20. The van der Waals surface area contributed by atoms with Crippen molar-refractivity contribution in [2.24, 2.45) is 0 Å². The van der Waals surface area contributed by atoms with E-state index in [2.05, 4.69) is 10.3 Å². The predicted octanol–water partition coefficient (Wildman–Crippen LogP) is 2.54. The maximum Gasteiger partial charge on any atom is 0.407 e. The summed E-state index contributed by atoms with van der Waals surface area (Å²) in [5.41, 5.74) is 1.53. The Morgan fingerprint density at radius 1 is 1.32 bits per heavy atom. The third-order valence-electron chi connectivity index (χ3n) is 4.24. The summed E-state index contributed by atoms with van der Waals surface area (Å²) in [6.45, 7) is 6.86. The number of pyridine rings is 1. The number of rotatable bonds is 6. The Bertz CT molecular complexity index is 991. The number of hydrogen-bond donors (Lipinski definition) is 1. The molecule has 0 fully saturated rings. The molecular weight excluding hydrogens is 360 g/mol.